The predicted octanol–water partition coefficient (Wildman–Crippen LogP) is 2.90. The van der Waals surface area contributed by atoms with Crippen LogP contribution in [-0.4, -0.2) is 67.8 Å². The number of hydrogen-bond acceptors (Lipinski definition) is 7. The van der Waals surface area contributed by atoms with Gasteiger partial charge in [0.2, 0.25) is 5.82 Å². The first-order valence-corrected chi connectivity index (χ1v) is 11.5. The Hall–Kier alpha value is -2.85. The summed E-state index contributed by atoms with van der Waals surface area (Å²) in [5.74, 6) is 0.0487. The molecule has 1 saturated carbocycles. The molecular formula is C24H35FN6O3. The van der Waals surface area contributed by atoms with Gasteiger partial charge in [0.25, 0.3) is 5.91 Å². The molecule has 186 valence electrons. The number of rotatable bonds is 10. The number of carbonyl (C=O) groups excluding carboxylic acids is 1. The molecule has 1 aromatic heterocycles. The Morgan fingerprint density at radius 3 is 2.74 bits per heavy atom. The molecule has 3 rings (SSSR count). The normalized spacial score (nSPS) is 19.3. The zero-order valence-corrected chi connectivity index (χ0v) is 20.4. The second kappa shape index (κ2) is 11.5. The molecular weight excluding hydrogens is 439 g/mol. The quantitative estimate of drug-likeness (QED) is 0.357. The number of aromatic nitrogens is 2. The molecule has 1 aliphatic rings. The van der Waals surface area contributed by atoms with Gasteiger partial charge in [-0.15, -0.1) is 0 Å². The molecule has 34 heavy (non-hydrogen) atoms. The number of nitrogens with two attached hydrogens (primary N) is 1. The van der Waals surface area contributed by atoms with E-state index in [4.69, 9.17) is 15.2 Å². The number of methoxy groups -OCH3 is 2. The number of ether oxygens (including phenoxy) is 2. The topological polar surface area (TPSA) is 124 Å². The summed E-state index contributed by atoms with van der Waals surface area (Å²) in [6.07, 6.45) is 3.77. The van der Waals surface area contributed by atoms with Gasteiger partial charge < -0.3 is 25.8 Å². The van der Waals surface area contributed by atoms with Crippen molar-refractivity contribution in [3.8, 4) is 0 Å². The molecule has 0 aliphatic heterocycles. The Bertz CT molecular complexity index is 1030. The number of fused-ring (bicyclic) bond motifs is 1. The van der Waals surface area contributed by atoms with Crippen molar-refractivity contribution in [2.75, 3.05) is 39.3 Å². The molecule has 1 aromatic carbocycles. The zero-order chi connectivity index (χ0) is 24.7. The first-order valence-electron chi connectivity index (χ1n) is 11.5. The maximum Gasteiger partial charge on any atom is 0.289 e. The standard InChI is InChI=1S/C24H35FN6O3/c1-24(2,14-34-4)13-27-23(32)22-29-17-10-9-15(25)11-16(17)21(31-22)30-19-8-6-5-7-18(19)28-20(26)12-33-3/h9-11,18-19H,5-8,12-14H2,1-4H3,(H2,26,28)(H,27,32)(H,29,30,31)/t18-,19+/m1/s1. The van der Waals surface area contributed by atoms with Gasteiger partial charge in [0.05, 0.1) is 18.2 Å². The Kier molecular flexibility index (Phi) is 8.73. The summed E-state index contributed by atoms with van der Waals surface area (Å²) in [5.41, 5.74) is 6.23. The number of amidine groups is 1. The number of nitrogens with one attached hydrogen (secondary N) is 2. The van der Waals surface area contributed by atoms with Gasteiger partial charge in [-0.3, -0.25) is 9.79 Å². The second-order valence-corrected chi connectivity index (χ2v) is 9.49. The van der Waals surface area contributed by atoms with Crippen molar-refractivity contribution in [2.45, 2.75) is 51.6 Å². The van der Waals surface area contributed by atoms with Crippen molar-refractivity contribution >= 4 is 28.5 Å². The van der Waals surface area contributed by atoms with E-state index in [1.165, 1.54) is 12.1 Å². The van der Waals surface area contributed by atoms with Crippen LogP contribution in [0, 0.1) is 11.2 Å². The van der Waals surface area contributed by atoms with Gasteiger partial charge in [0, 0.05) is 37.6 Å². The lowest BCUT2D eigenvalue weighted by Gasteiger charge is -2.30. The molecule has 0 unspecified atom stereocenters. The van der Waals surface area contributed by atoms with Crippen molar-refractivity contribution in [3.05, 3.63) is 29.8 Å². The summed E-state index contributed by atoms with van der Waals surface area (Å²) >= 11 is 0. The fourth-order valence-electron chi connectivity index (χ4n) is 4.16. The van der Waals surface area contributed by atoms with E-state index in [1.807, 2.05) is 13.8 Å². The highest BCUT2D eigenvalue weighted by atomic mass is 19.1. The smallest absolute Gasteiger partial charge is 0.289 e. The Morgan fingerprint density at radius 2 is 2.00 bits per heavy atom. The molecule has 10 heteroatoms. The minimum absolute atomic E-state index is 0.0181. The van der Waals surface area contributed by atoms with E-state index in [-0.39, 0.29) is 29.9 Å². The maximum atomic E-state index is 14.1. The summed E-state index contributed by atoms with van der Waals surface area (Å²) < 4.78 is 24.4. The predicted molar refractivity (Wildman–Crippen MR) is 131 cm³/mol. The number of hydrogen-bond donors (Lipinski definition) is 3. The highest BCUT2D eigenvalue weighted by Crippen LogP contribution is 2.28. The third-order valence-corrected chi connectivity index (χ3v) is 5.80. The van der Waals surface area contributed by atoms with E-state index in [1.54, 1.807) is 20.3 Å². The van der Waals surface area contributed by atoms with Gasteiger partial charge in [-0.1, -0.05) is 26.7 Å². The number of amides is 1. The van der Waals surface area contributed by atoms with Crippen molar-refractivity contribution in [1.29, 1.82) is 0 Å². The molecule has 2 atom stereocenters. The number of carbonyl (C=O) groups is 1. The van der Waals surface area contributed by atoms with Crippen LogP contribution in [0.2, 0.25) is 0 Å². The zero-order valence-electron chi connectivity index (χ0n) is 20.4. The van der Waals surface area contributed by atoms with Crippen LogP contribution in [-0.2, 0) is 9.47 Å². The summed E-state index contributed by atoms with van der Waals surface area (Å²) in [7, 11) is 3.20. The maximum absolute atomic E-state index is 14.1. The Morgan fingerprint density at radius 1 is 1.24 bits per heavy atom. The first kappa shape index (κ1) is 25.8. The fraction of sp³-hybridized carbons (Fsp3) is 0.583. The summed E-state index contributed by atoms with van der Waals surface area (Å²) in [5, 5.41) is 6.81. The molecule has 0 saturated heterocycles. The van der Waals surface area contributed by atoms with Gasteiger partial charge in [-0.25, -0.2) is 14.4 Å². The SMILES string of the molecule is COCC(N)=N[C@@H]1CCCC[C@@H]1Nc1nc(C(=O)NCC(C)(C)COC)nc2ccc(F)cc12. The summed E-state index contributed by atoms with van der Waals surface area (Å²) in [6.45, 7) is 5.13. The third-order valence-electron chi connectivity index (χ3n) is 5.80. The number of nitrogens with zero attached hydrogens (tertiary/aromatic N) is 3. The molecule has 0 bridgehead atoms. The molecule has 1 heterocycles. The third kappa shape index (κ3) is 6.83. The molecule has 0 radical (unpaired) electrons. The highest BCUT2D eigenvalue weighted by molar-refractivity contribution is 5.96. The van der Waals surface area contributed by atoms with E-state index >= 15 is 0 Å². The lowest BCUT2D eigenvalue weighted by Crippen LogP contribution is -2.38. The molecule has 1 fully saturated rings. The van der Waals surface area contributed by atoms with Gasteiger partial charge in [-0.05, 0) is 31.0 Å². The van der Waals surface area contributed by atoms with Crippen LogP contribution in [0.4, 0.5) is 10.2 Å². The van der Waals surface area contributed by atoms with E-state index in [2.05, 4.69) is 25.6 Å². The summed E-state index contributed by atoms with van der Waals surface area (Å²) in [6, 6.07) is 4.11. The largest absolute Gasteiger partial charge is 0.386 e. The van der Waals surface area contributed by atoms with Crippen molar-refractivity contribution in [3.63, 3.8) is 0 Å². The highest BCUT2D eigenvalue weighted by Gasteiger charge is 2.27. The van der Waals surface area contributed by atoms with Crippen LogP contribution in [0.5, 0.6) is 0 Å². The minimum atomic E-state index is -0.403. The van der Waals surface area contributed by atoms with Crippen LogP contribution in [0.1, 0.15) is 50.1 Å². The lowest BCUT2D eigenvalue weighted by molar-refractivity contribution is 0.0839. The van der Waals surface area contributed by atoms with Crippen LogP contribution in [0.15, 0.2) is 23.2 Å². The van der Waals surface area contributed by atoms with E-state index in [0.29, 0.717) is 35.7 Å². The summed E-state index contributed by atoms with van der Waals surface area (Å²) in [4.78, 5) is 26.4. The van der Waals surface area contributed by atoms with Crippen LogP contribution in [0.3, 0.4) is 0 Å². The van der Waals surface area contributed by atoms with E-state index in [9.17, 15) is 9.18 Å². The molecule has 1 amide bonds. The molecule has 4 N–H and O–H groups in total. The van der Waals surface area contributed by atoms with Crippen molar-refractivity contribution in [1.82, 2.24) is 15.3 Å². The van der Waals surface area contributed by atoms with Gasteiger partial charge in [0.15, 0.2) is 0 Å². The second-order valence-electron chi connectivity index (χ2n) is 9.49. The van der Waals surface area contributed by atoms with Crippen LogP contribution < -0.4 is 16.4 Å². The lowest BCUT2D eigenvalue weighted by atomic mass is 9.90. The number of halogens is 1. The first-order chi connectivity index (χ1) is 16.2. The fourth-order valence-corrected chi connectivity index (χ4v) is 4.16. The molecule has 0 spiro atoms. The number of aliphatic imine (C=N–C) groups is 1. The minimum Gasteiger partial charge on any atom is -0.386 e. The Labute approximate surface area is 199 Å². The van der Waals surface area contributed by atoms with E-state index < -0.39 is 11.7 Å². The van der Waals surface area contributed by atoms with Crippen LogP contribution in [0.25, 0.3) is 10.9 Å². The molecule has 9 nitrogen and oxygen atoms in total. The molecule has 1 aliphatic carbocycles. The number of benzene rings is 1. The average molecular weight is 475 g/mol. The number of anilines is 1. The van der Waals surface area contributed by atoms with Gasteiger partial charge in [0.1, 0.15) is 24.1 Å². The van der Waals surface area contributed by atoms with Gasteiger partial charge >= 0.3 is 0 Å². The average Bonchev–Trinajstić information content (AvgIpc) is 2.79. The van der Waals surface area contributed by atoms with E-state index in [0.717, 1.165) is 25.7 Å². The Balaban J connectivity index is 1.90. The van der Waals surface area contributed by atoms with Crippen LogP contribution >= 0.6 is 0 Å². The molecule has 2 aromatic rings. The monoisotopic (exact) mass is 474 g/mol. The van der Waals surface area contributed by atoms with Crippen molar-refractivity contribution in [2.24, 2.45) is 16.1 Å². The van der Waals surface area contributed by atoms with Crippen molar-refractivity contribution < 1.29 is 18.7 Å². The van der Waals surface area contributed by atoms with Gasteiger partial charge in [-0.2, -0.15) is 0 Å².